The third kappa shape index (κ3) is 3.54. The van der Waals surface area contributed by atoms with Crippen LogP contribution in [-0.2, 0) is 6.54 Å². The number of benzene rings is 1. The minimum atomic E-state index is -0.964. The first-order valence-electron chi connectivity index (χ1n) is 5.71. The highest BCUT2D eigenvalue weighted by Crippen LogP contribution is 2.16. The number of aromatic nitrogens is 1. The minimum Gasteiger partial charge on any atom is -0.478 e. The molecule has 2 rings (SSSR count). The van der Waals surface area contributed by atoms with Crippen LogP contribution in [0.15, 0.2) is 47.1 Å². The summed E-state index contributed by atoms with van der Waals surface area (Å²) in [6.07, 6.45) is 1.37. The van der Waals surface area contributed by atoms with E-state index in [1.54, 1.807) is 12.1 Å². The average Bonchev–Trinajstić information content (AvgIpc) is 2.39. The van der Waals surface area contributed by atoms with Crippen LogP contribution in [0.1, 0.15) is 15.9 Å². The molecule has 1 heterocycles. The van der Waals surface area contributed by atoms with Gasteiger partial charge in [-0.15, -0.1) is 0 Å². The molecule has 0 radical (unpaired) electrons. The predicted octanol–water partition coefficient (Wildman–Crippen LogP) is 3.18. The SMILES string of the molecule is CN(Cc1cccc(Br)c1)c1ccc(C(=O)O)cn1. The molecule has 5 heteroatoms. The Morgan fingerprint density at radius 3 is 2.74 bits per heavy atom. The van der Waals surface area contributed by atoms with Crippen molar-refractivity contribution in [1.29, 1.82) is 0 Å². The van der Waals surface area contributed by atoms with Gasteiger partial charge < -0.3 is 10.0 Å². The number of nitrogens with zero attached hydrogens (tertiary/aromatic N) is 2. The summed E-state index contributed by atoms with van der Waals surface area (Å²) in [6.45, 7) is 0.707. The monoisotopic (exact) mass is 320 g/mol. The second-order valence-corrected chi connectivity index (χ2v) is 5.11. The first-order valence-corrected chi connectivity index (χ1v) is 6.50. The van der Waals surface area contributed by atoms with E-state index in [0.29, 0.717) is 6.54 Å². The van der Waals surface area contributed by atoms with E-state index in [1.165, 1.54) is 6.20 Å². The van der Waals surface area contributed by atoms with Crippen LogP contribution in [0, 0.1) is 0 Å². The Bertz CT molecular complexity index is 584. The highest BCUT2D eigenvalue weighted by Gasteiger charge is 2.06. The molecular formula is C14H13BrN2O2. The lowest BCUT2D eigenvalue weighted by Crippen LogP contribution is -2.17. The maximum absolute atomic E-state index is 10.8. The molecule has 1 N–H and O–H groups in total. The van der Waals surface area contributed by atoms with Crippen molar-refractivity contribution < 1.29 is 9.90 Å². The van der Waals surface area contributed by atoms with Crippen LogP contribution < -0.4 is 4.90 Å². The molecule has 98 valence electrons. The van der Waals surface area contributed by atoms with E-state index in [4.69, 9.17) is 5.11 Å². The van der Waals surface area contributed by atoms with Crippen molar-refractivity contribution in [1.82, 2.24) is 4.98 Å². The lowest BCUT2D eigenvalue weighted by molar-refractivity contribution is 0.0696. The van der Waals surface area contributed by atoms with Gasteiger partial charge in [-0.25, -0.2) is 9.78 Å². The van der Waals surface area contributed by atoms with E-state index in [9.17, 15) is 4.79 Å². The zero-order chi connectivity index (χ0) is 13.8. The Balaban J connectivity index is 2.11. The molecule has 4 nitrogen and oxygen atoms in total. The molecule has 0 aliphatic carbocycles. The van der Waals surface area contributed by atoms with E-state index < -0.39 is 5.97 Å². The summed E-state index contributed by atoms with van der Waals surface area (Å²) in [5, 5.41) is 8.82. The largest absolute Gasteiger partial charge is 0.478 e. The fourth-order valence-electron chi connectivity index (χ4n) is 1.73. The Morgan fingerprint density at radius 1 is 1.37 bits per heavy atom. The summed E-state index contributed by atoms with van der Waals surface area (Å²) in [4.78, 5) is 16.9. The van der Waals surface area contributed by atoms with Crippen LogP contribution >= 0.6 is 15.9 Å². The molecule has 0 saturated heterocycles. The molecule has 0 spiro atoms. The maximum atomic E-state index is 10.8. The standard InChI is InChI=1S/C14H13BrN2O2/c1-17(9-10-3-2-4-12(15)7-10)13-6-5-11(8-16-13)14(18)19/h2-8H,9H2,1H3,(H,18,19). The molecule has 0 amide bonds. The summed E-state index contributed by atoms with van der Waals surface area (Å²) >= 11 is 3.43. The van der Waals surface area contributed by atoms with E-state index >= 15 is 0 Å². The fraction of sp³-hybridized carbons (Fsp3) is 0.143. The molecule has 2 aromatic rings. The highest BCUT2D eigenvalue weighted by atomic mass is 79.9. The normalized spacial score (nSPS) is 10.2. The van der Waals surface area contributed by atoms with Crippen LogP contribution in [-0.4, -0.2) is 23.1 Å². The van der Waals surface area contributed by atoms with E-state index in [0.717, 1.165) is 15.9 Å². The zero-order valence-corrected chi connectivity index (χ0v) is 12.0. The zero-order valence-electron chi connectivity index (χ0n) is 10.4. The minimum absolute atomic E-state index is 0.194. The van der Waals surface area contributed by atoms with Gasteiger partial charge in [0.15, 0.2) is 0 Å². The van der Waals surface area contributed by atoms with Gasteiger partial charge in [0.1, 0.15) is 5.82 Å². The number of rotatable bonds is 4. The van der Waals surface area contributed by atoms with E-state index in [-0.39, 0.29) is 5.56 Å². The van der Waals surface area contributed by atoms with Crippen LogP contribution in [0.2, 0.25) is 0 Å². The summed E-state index contributed by atoms with van der Waals surface area (Å²) in [5.74, 6) is -0.223. The van der Waals surface area contributed by atoms with Crippen LogP contribution in [0.5, 0.6) is 0 Å². The Labute approximate surface area is 119 Å². The lowest BCUT2D eigenvalue weighted by Gasteiger charge is -2.18. The maximum Gasteiger partial charge on any atom is 0.337 e. The van der Waals surface area contributed by atoms with E-state index in [2.05, 4.69) is 20.9 Å². The molecule has 0 saturated carbocycles. The topological polar surface area (TPSA) is 53.4 Å². The summed E-state index contributed by atoms with van der Waals surface area (Å²) in [7, 11) is 1.92. The number of aromatic carboxylic acids is 1. The van der Waals surface area contributed by atoms with Crippen molar-refractivity contribution in [3.05, 3.63) is 58.2 Å². The first-order chi connectivity index (χ1) is 9.06. The smallest absolute Gasteiger partial charge is 0.337 e. The van der Waals surface area contributed by atoms with Crippen LogP contribution in [0.4, 0.5) is 5.82 Å². The summed E-state index contributed by atoms with van der Waals surface area (Å²) in [6, 6.07) is 11.3. The number of hydrogen-bond acceptors (Lipinski definition) is 3. The number of pyridine rings is 1. The lowest BCUT2D eigenvalue weighted by atomic mass is 10.2. The van der Waals surface area contributed by atoms with Gasteiger partial charge in [-0.3, -0.25) is 0 Å². The number of carbonyl (C=O) groups is 1. The molecule has 0 aliphatic heterocycles. The van der Waals surface area contributed by atoms with Gasteiger partial charge in [0, 0.05) is 24.3 Å². The Hall–Kier alpha value is -1.88. The van der Waals surface area contributed by atoms with Gasteiger partial charge in [-0.2, -0.15) is 0 Å². The molecule has 0 aliphatic rings. The molecule has 0 bridgehead atoms. The van der Waals surface area contributed by atoms with Crippen LogP contribution in [0.25, 0.3) is 0 Å². The fourth-order valence-corrected chi connectivity index (χ4v) is 2.18. The van der Waals surface area contributed by atoms with Gasteiger partial charge in [0.25, 0.3) is 0 Å². The quantitative estimate of drug-likeness (QED) is 0.940. The van der Waals surface area contributed by atoms with Gasteiger partial charge in [-0.1, -0.05) is 28.1 Å². The van der Waals surface area contributed by atoms with Crippen molar-refractivity contribution >= 4 is 27.7 Å². The van der Waals surface area contributed by atoms with Gasteiger partial charge in [-0.05, 0) is 29.8 Å². The van der Waals surface area contributed by atoms with Crippen LogP contribution in [0.3, 0.4) is 0 Å². The number of hydrogen-bond donors (Lipinski definition) is 1. The molecule has 1 aromatic carbocycles. The van der Waals surface area contributed by atoms with Gasteiger partial charge in [0.05, 0.1) is 5.56 Å². The molecule has 19 heavy (non-hydrogen) atoms. The summed E-state index contributed by atoms with van der Waals surface area (Å²) in [5.41, 5.74) is 1.35. The predicted molar refractivity (Wildman–Crippen MR) is 77.4 cm³/mol. The summed E-state index contributed by atoms with van der Waals surface area (Å²) < 4.78 is 1.03. The third-order valence-corrected chi connectivity index (χ3v) is 3.19. The first kappa shape index (κ1) is 13.5. The molecule has 0 fully saturated rings. The van der Waals surface area contributed by atoms with Gasteiger partial charge >= 0.3 is 5.97 Å². The highest BCUT2D eigenvalue weighted by molar-refractivity contribution is 9.10. The second-order valence-electron chi connectivity index (χ2n) is 4.20. The second kappa shape index (κ2) is 5.84. The average molecular weight is 321 g/mol. The van der Waals surface area contributed by atoms with Crippen molar-refractivity contribution in [2.24, 2.45) is 0 Å². The number of carboxylic acids is 1. The Morgan fingerprint density at radius 2 is 2.16 bits per heavy atom. The molecule has 0 unspecified atom stereocenters. The molecular weight excluding hydrogens is 308 g/mol. The number of anilines is 1. The van der Waals surface area contributed by atoms with Crippen molar-refractivity contribution in [2.75, 3.05) is 11.9 Å². The van der Waals surface area contributed by atoms with Crippen molar-refractivity contribution in [3.63, 3.8) is 0 Å². The van der Waals surface area contributed by atoms with Gasteiger partial charge in [0.2, 0.25) is 0 Å². The number of halogens is 1. The number of carboxylic acid groups (broad SMARTS) is 1. The third-order valence-electron chi connectivity index (χ3n) is 2.69. The van der Waals surface area contributed by atoms with E-state index in [1.807, 2.05) is 36.2 Å². The van der Waals surface area contributed by atoms with Crippen molar-refractivity contribution in [3.8, 4) is 0 Å². The van der Waals surface area contributed by atoms with Crippen molar-refractivity contribution in [2.45, 2.75) is 6.54 Å². The molecule has 1 aromatic heterocycles. The Kier molecular flexibility index (Phi) is 4.16. The molecule has 0 atom stereocenters.